The molecular formula is C13H15NO2S. The molecular weight excluding hydrogens is 234 g/mol. The van der Waals surface area contributed by atoms with Crippen LogP contribution in [0.15, 0.2) is 24.3 Å². The molecule has 0 aromatic heterocycles. The highest BCUT2D eigenvalue weighted by atomic mass is 32.2. The molecule has 3 nitrogen and oxygen atoms in total. The molecule has 1 aliphatic heterocycles. The maximum absolute atomic E-state index is 11.3. The van der Waals surface area contributed by atoms with Gasteiger partial charge >= 0.3 is 0 Å². The van der Waals surface area contributed by atoms with Crippen LogP contribution in [0.5, 0.6) is 0 Å². The second-order valence-electron chi connectivity index (χ2n) is 4.30. The first kappa shape index (κ1) is 12.0. The van der Waals surface area contributed by atoms with Crippen LogP contribution in [0.25, 0.3) is 0 Å². The summed E-state index contributed by atoms with van der Waals surface area (Å²) in [5.74, 6) is 3.14. The van der Waals surface area contributed by atoms with Gasteiger partial charge in [-0.3, -0.25) is 0 Å². The molecule has 1 N–H and O–H groups in total. The summed E-state index contributed by atoms with van der Waals surface area (Å²) in [6.07, 6.45) is 6.67. The van der Waals surface area contributed by atoms with E-state index in [0.29, 0.717) is 12.8 Å². The topological polar surface area (TPSA) is 46.2 Å². The molecule has 1 saturated heterocycles. The minimum atomic E-state index is -2.79. The average molecular weight is 249 g/mol. The van der Waals surface area contributed by atoms with Crippen LogP contribution in [0, 0.1) is 12.3 Å². The minimum absolute atomic E-state index is 0.228. The monoisotopic (exact) mass is 249 g/mol. The van der Waals surface area contributed by atoms with Crippen molar-refractivity contribution in [3.8, 4) is 12.3 Å². The van der Waals surface area contributed by atoms with Gasteiger partial charge in [-0.25, -0.2) is 8.42 Å². The molecule has 0 aliphatic carbocycles. The van der Waals surface area contributed by atoms with Crippen molar-refractivity contribution in [2.45, 2.75) is 18.9 Å². The predicted octanol–water partition coefficient (Wildman–Crippen LogP) is 1.66. The van der Waals surface area contributed by atoms with Gasteiger partial charge in [0.2, 0.25) is 0 Å². The Bertz CT molecular complexity index is 529. The average Bonchev–Trinajstić information content (AvgIpc) is 2.32. The maximum atomic E-state index is 11.3. The molecule has 1 aromatic rings. The first-order chi connectivity index (χ1) is 8.09. The van der Waals surface area contributed by atoms with Gasteiger partial charge in [0, 0.05) is 17.3 Å². The lowest BCUT2D eigenvalue weighted by atomic mass is 10.1. The fourth-order valence-electron chi connectivity index (χ4n) is 1.97. The van der Waals surface area contributed by atoms with Crippen molar-refractivity contribution in [3.63, 3.8) is 0 Å². The fourth-order valence-corrected chi connectivity index (χ4v) is 3.46. The second-order valence-corrected chi connectivity index (χ2v) is 6.60. The zero-order valence-corrected chi connectivity index (χ0v) is 10.3. The van der Waals surface area contributed by atoms with E-state index in [2.05, 4.69) is 11.2 Å². The van der Waals surface area contributed by atoms with E-state index in [1.807, 2.05) is 24.3 Å². The van der Waals surface area contributed by atoms with Crippen LogP contribution in [0.1, 0.15) is 18.4 Å². The van der Waals surface area contributed by atoms with E-state index >= 15 is 0 Å². The summed E-state index contributed by atoms with van der Waals surface area (Å²) < 4.78 is 22.6. The van der Waals surface area contributed by atoms with Crippen LogP contribution in [-0.4, -0.2) is 26.0 Å². The van der Waals surface area contributed by atoms with Crippen LogP contribution in [0.3, 0.4) is 0 Å². The number of hydrogen-bond donors (Lipinski definition) is 1. The lowest BCUT2D eigenvalue weighted by Gasteiger charge is -2.24. The molecule has 1 fully saturated rings. The Hall–Kier alpha value is -1.47. The van der Waals surface area contributed by atoms with Gasteiger partial charge in [0.1, 0.15) is 9.84 Å². The number of hydrogen-bond acceptors (Lipinski definition) is 3. The van der Waals surface area contributed by atoms with Gasteiger partial charge < -0.3 is 5.32 Å². The molecule has 0 saturated carbocycles. The van der Waals surface area contributed by atoms with E-state index in [9.17, 15) is 8.42 Å². The SMILES string of the molecule is C#Cc1cccc(NC2CCS(=O)(=O)CC2)c1. The summed E-state index contributed by atoms with van der Waals surface area (Å²) >= 11 is 0. The Kier molecular flexibility index (Phi) is 3.39. The molecule has 1 aliphatic rings. The quantitative estimate of drug-likeness (QED) is 0.811. The van der Waals surface area contributed by atoms with E-state index < -0.39 is 9.84 Å². The Morgan fingerprint density at radius 1 is 1.29 bits per heavy atom. The van der Waals surface area contributed by atoms with Gasteiger partial charge in [-0.05, 0) is 31.0 Å². The van der Waals surface area contributed by atoms with E-state index in [1.165, 1.54) is 0 Å². The minimum Gasteiger partial charge on any atom is -0.382 e. The molecule has 90 valence electrons. The molecule has 17 heavy (non-hydrogen) atoms. The largest absolute Gasteiger partial charge is 0.382 e. The van der Waals surface area contributed by atoms with Crippen molar-refractivity contribution in [2.75, 3.05) is 16.8 Å². The first-order valence-corrected chi connectivity index (χ1v) is 7.45. The third kappa shape index (κ3) is 3.24. The number of nitrogens with one attached hydrogen (secondary N) is 1. The number of rotatable bonds is 2. The van der Waals surface area contributed by atoms with Crippen molar-refractivity contribution < 1.29 is 8.42 Å². The highest BCUT2D eigenvalue weighted by Gasteiger charge is 2.23. The normalized spacial score (nSPS) is 19.5. The molecule has 0 amide bonds. The lowest BCUT2D eigenvalue weighted by molar-refractivity contribution is 0.559. The van der Waals surface area contributed by atoms with E-state index in [-0.39, 0.29) is 17.5 Å². The molecule has 1 heterocycles. The molecule has 0 radical (unpaired) electrons. The molecule has 0 spiro atoms. The fraction of sp³-hybridized carbons (Fsp3) is 0.385. The van der Waals surface area contributed by atoms with Gasteiger partial charge in [0.05, 0.1) is 11.5 Å². The van der Waals surface area contributed by atoms with Crippen LogP contribution in [0.4, 0.5) is 5.69 Å². The summed E-state index contributed by atoms with van der Waals surface area (Å²) in [6.45, 7) is 0. The molecule has 4 heteroatoms. The van der Waals surface area contributed by atoms with Crippen molar-refractivity contribution in [1.29, 1.82) is 0 Å². The lowest BCUT2D eigenvalue weighted by Crippen LogP contribution is -2.32. The third-order valence-corrected chi connectivity index (χ3v) is 4.67. The summed E-state index contributed by atoms with van der Waals surface area (Å²) in [7, 11) is -2.79. The van der Waals surface area contributed by atoms with Crippen molar-refractivity contribution in [3.05, 3.63) is 29.8 Å². The third-order valence-electron chi connectivity index (χ3n) is 2.95. The Labute approximate surface area is 102 Å². The van der Waals surface area contributed by atoms with Crippen LogP contribution in [0.2, 0.25) is 0 Å². The Morgan fingerprint density at radius 3 is 2.65 bits per heavy atom. The van der Waals surface area contributed by atoms with E-state index in [4.69, 9.17) is 6.42 Å². The summed E-state index contributed by atoms with van der Waals surface area (Å²) in [5, 5.41) is 3.33. The van der Waals surface area contributed by atoms with Crippen molar-refractivity contribution >= 4 is 15.5 Å². The predicted molar refractivity (Wildman–Crippen MR) is 69.7 cm³/mol. The highest BCUT2D eigenvalue weighted by molar-refractivity contribution is 7.91. The van der Waals surface area contributed by atoms with Crippen LogP contribution >= 0.6 is 0 Å². The van der Waals surface area contributed by atoms with Crippen molar-refractivity contribution in [1.82, 2.24) is 0 Å². The molecule has 0 atom stereocenters. The zero-order chi connectivity index (χ0) is 12.3. The van der Waals surface area contributed by atoms with Gasteiger partial charge in [0.25, 0.3) is 0 Å². The van der Waals surface area contributed by atoms with Gasteiger partial charge in [-0.1, -0.05) is 12.0 Å². The standard InChI is InChI=1S/C13H15NO2S/c1-2-11-4-3-5-13(10-11)14-12-6-8-17(15,16)9-7-12/h1,3-5,10,12,14H,6-9H2. The van der Waals surface area contributed by atoms with E-state index in [0.717, 1.165) is 11.3 Å². The number of benzene rings is 1. The number of terminal acetylenes is 1. The number of sulfone groups is 1. The molecule has 0 unspecified atom stereocenters. The Morgan fingerprint density at radius 2 is 2.00 bits per heavy atom. The van der Waals surface area contributed by atoms with Crippen molar-refractivity contribution in [2.24, 2.45) is 0 Å². The number of anilines is 1. The highest BCUT2D eigenvalue weighted by Crippen LogP contribution is 2.18. The zero-order valence-electron chi connectivity index (χ0n) is 9.52. The Balaban J connectivity index is 2.00. The van der Waals surface area contributed by atoms with Gasteiger partial charge in [-0.2, -0.15) is 0 Å². The molecule has 1 aromatic carbocycles. The molecule has 2 rings (SSSR count). The smallest absolute Gasteiger partial charge is 0.150 e. The first-order valence-electron chi connectivity index (χ1n) is 5.63. The van der Waals surface area contributed by atoms with Crippen LogP contribution < -0.4 is 5.32 Å². The molecule has 0 bridgehead atoms. The van der Waals surface area contributed by atoms with Gasteiger partial charge in [0.15, 0.2) is 0 Å². The van der Waals surface area contributed by atoms with E-state index in [1.54, 1.807) is 0 Å². The summed E-state index contributed by atoms with van der Waals surface area (Å²) in [5.41, 5.74) is 1.79. The summed E-state index contributed by atoms with van der Waals surface area (Å²) in [4.78, 5) is 0. The maximum Gasteiger partial charge on any atom is 0.150 e. The van der Waals surface area contributed by atoms with Crippen LogP contribution in [-0.2, 0) is 9.84 Å². The van der Waals surface area contributed by atoms with Gasteiger partial charge in [-0.15, -0.1) is 6.42 Å². The summed E-state index contributed by atoms with van der Waals surface area (Å²) in [6, 6.07) is 7.85. The second kappa shape index (κ2) is 4.80.